The van der Waals surface area contributed by atoms with Crippen LogP contribution in [0, 0.1) is 0 Å². The van der Waals surface area contributed by atoms with Crippen molar-refractivity contribution in [3.63, 3.8) is 0 Å². The van der Waals surface area contributed by atoms with E-state index in [2.05, 4.69) is 90.0 Å². The quantitative estimate of drug-likeness (QED) is 0.103. The number of methoxy groups -OCH3 is 2. The molecule has 0 spiro atoms. The van der Waals surface area contributed by atoms with E-state index in [0.717, 1.165) is 12.8 Å². The van der Waals surface area contributed by atoms with Crippen molar-refractivity contribution >= 4 is 16.6 Å². The van der Waals surface area contributed by atoms with Crippen LogP contribution in [-0.2, 0) is 18.3 Å². The minimum absolute atomic E-state index is 0.0292. The van der Waals surface area contributed by atoms with E-state index < -0.39 is 22.9 Å². The Balaban J connectivity index is 6.77. The van der Waals surface area contributed by atoms with Gasteiger partial charge in [-0.1, -0.05) is 109 Å². The van der Waals surface area contributed by atoms with E-state index in [9.17, 15) is 0 Å². The third kappa shape index (κ3) is 7.88. The molecule has 0 amide bonds. The number of hydrogen-bond acceptors (Lipinski definition) is 4. The van der Waals surface area contributed by atoms with E-state index in [1.54, 1.807) is 14.2 Å². The number of ether oxygens (including phenoxy) is 2. The molecule has 2 unspecified atom stereocenters. The van der Waals surface area contributed by atoms with Gasteiger partial charge in [0.05, 0.1) is 6.10 Å². The first kappa shape index (κ1) is 34.3. The third-order valence-corrected chi connectivity index (χ3v) is 20.5. The van der Waals surface area contributed by atoms with Gasteiger partial charge in [-0.3, -0.25) is 0 Å². The minimum atomic E-state index is -2.18. The smallest absolute Gasteiger partial charge is 0.201 e. The average molecular weight is 519 g/mol. The lowest BCUT2D eigenvalue weighted by atomic mass is 10.1. The number of rotatable bonds is 18. The molecule has 206 valence electrons. The predicted octanol–water partition coefficient (Wildman–Crippen LogP) is 9.31. The van der Waals surface area contributed by atoms with Crippen LogP contribution in [0.3, 0.4) is 0 Å². The summed E-state index contributed by atoms with van der Waals surface area (Å²) < 4.78 is 26.8. The maximum Gasteiger partial charge on any atom is 0.201 e. The Kier molecular flexibility index (Phi) is 15.6. The van der Waals surface area contributed by atoms with Gasteiger partial charge in [0, 0.05) is 14.2 Å². The molecule has 0 heterocycles. The highest BCUT2D eigenvalue weighted by atomic mass is 28.4. The molecule has 0 bridgehead atoms. The first-order valence-electron chi connectivity index (χ1n) is 14.1. The molecule has 4 nitrogen and oxygen atoms in total. The van der Waals surface area contributed by atoms with Crippen molar-refractivity contribution in [2.45, 2.75) is 167 Å². The highest BCUT2D eigenvalue weighted by molar-refractivity contribution is 6.78. The molecular weight excluding hydrogens is 456 g/mol. The zero-order valence-electron chi connectivity index (χ0n) is 25.7. The van der Waals surface area contributed by atoms with Crippen LogP contribution in [0.25, 0.3) is 0 Å². The van der Waals surface area contributed by atoms with Crippen LogP contribution in [0.4, 0.5) is 0 Å². The SMILES string of the molecule is CCCCCC(O[Si](C(C)C)(C(C)C)C(C)C)C(O[Si](C(C)C)(C(C)C)C(C)C)C(OC)OC. The maximum atomic E-state index is 7.48. The van der Waals surface area contributed by atoms with Gasteiger partial charge in [0.25, 0.3) is 0 Å². The lowest BCUT2D eigenvalue weighted by Crippen LogP contribution is -2.59. The van der Waals surface area contributed by atoms with Crippen LogP contribution in [0.1, 0.15) is 116 Å². The van der Waals surface area contributed by atoms with E-state index in [1.165, 1.54) is 12.8 Å². The van der Waals surface area contributed by atoms with Crippen molar-refractivity contribution < 1.29 is 18.3 Å². The minimum Gasteiger partial charge on any atom is -0.410 e. The second kappa shape index (κ2) is 15.5. The summed E-state index contributed by atoms with van der Waals surface area (Å²) in [5.41, 5.74) is 3.03. The van der Waals surface area contributed by atoms with Crippen LogP contribution in [0.15, 0.2) is 0 Å². The third-order valence-electron chi connectivity index (χ3n) is 8.30. The Bertz CT molecular complexity index is 487. The molecule has 0 aromatic heterocycles. The van der Waals surface area contributed by atoms with Gasteiger partial charge in [-0.25, -0.2) is 0 Å². The van der Waals surface area contributed by atoms with Crippen molar-refractivity contribution in [1.29, 1.82) is 0 Å². The molecule has 0 radical (unpaired) electrons. The second-order valence-electron chi connectivity index (χ2n) is 12.2. The van der Waals surface area contributed by atoms with Crippen LogP contribution < -0.4 is 0 Å². The van der Waals surface area contributed by atoms with Gasteiger partial charge in [-0.05, 0) is 39.7 Å². The van der Waals surface area contributed by atoms with Gasteiger partial charge in [0.15, 0.2) is 6.29 Å². The molecule has 0 aromatic carbocycles. The number of unbranched alkanes of at least 4 members (excludes halogenated alkanes) is 2. The summed E-state index contributed by atoms with van der Waals surface area (Å²) in [4.78, 5) is 0. The Morgan fingerprint density at radius 3 is 1.18 bits per heavy atom. The van der Waals surface area contributed by atoms with E-state index in [4.69, 9.17) is 18.3 Å². The van der Waals surface area contributed by atoms with E-state index in [-0.39, 0.29) is 12.2 Å². The number of hydrogen-bond donors (Lipinski definition) is 0. The normalized spacial score (nSPS) is 15.7. The lowest BCUT2D eigenvalue weighted by molar-refractivity contribution is -0.184. The highest BCUT2D eigenvalue weighted by Gasteiger charge is 2.52. The van der Waals surface area contributed by atoms with Gasteiger partial charge >= 0.3 is 0 Å². The first-order valence-corrected chi connectivity index (χ1v) is 18.4. The second-order valence-corrected chi connectivity index (χ2v) is 23.0. The van der Waals surface area contributed by atoms with Gasteiger partial charge < -0.3 is 18.3 Å². The zero-order valence-corrected chi connectivity index (χ0v) is 27.7. The van der Waals surface area contributed by atoms with Crippen LogP contribution in [0.5, 0.6) is 0 Å². The molecule has 0 aromatic rings. The average Bonchev–Trinajstić information content (AvgIpc) is 2.72. The Morgan fingerprint density at radius 2 is 0.882 bits per heavy atom. The summed E-state index contributed by atoms with van der Waals surface area (Å²) in [6, 6.07) is 0. The highest BCUT2D eigenvalue weighted by Crippen LogP contribution is 2.47. The Hall–Kier alpha value is 0.274. The van der Waals surface area contributed by atoms with Gasteiger partial charge in [-0.15, -0.1) is 0 Å². The molecule has 0 aliphatic rings. The summed E-state index contributed by atoms with van der Waals surface area (Å²) in [7, 11) is -0.805. The van der Waals surface area contributed by atoms with Crippen LogP contribution in [0.2, 0.25) is 33.2 Å². The molecule has 2 atom stereocenters. The van der Waals surface area contributed by atoms with E-state index in [0.29, 0.717) is 33.2 Å². The molecule has 0 aliphatic carbocycles. The maximum absolute atomic E-state index is 7.48. The van der Waals surface area contributed by atoms with Gasteiger partial charge in [0.2, 0.25) is 16.6 Å². The zero-order chi connectivity index (χ0) is 26.9. The molecule has 0 fully saturated rings. The summed E-state index contributed by atoms with van der Waals surface area (Å²) >= 11 is 0. The predicted molar refractivity (Wildman–Crippen MR) is 154 cm³/mol. The van der Waals surface area contributed by atoms with E-state index in [1.807, 2.05) is 0 Å². The topological polar surface area (TPSA) is 36.9 Å². The summed E-state index contributed by atoms with van der Waals surface area (Å²) in [5.74, 6) is 0. The molecule has 0 aliphatic heterocycles. The standard InChI is InChI=1S/C28H62O4Si2/c1-16-17-18-19-26(31-33(20(2)3,21(4)5)22(6)7)27(28(29-14)30-15)32-34(23(8)9,24(10)11)25(12)13/h20-28H,16-19H2,1-15H3. The fourth-order valence-electron chi connectivity index (χ4n) is 6.87. The lowest BCUT2D eigenvalue weighted by Gasteiger charge is -2.50. The van der Waals surface area contributed by atoms with Crippen molar-refractivity contribution in [3.8, 4) is 0 Å². The largest absolute Gasteiger partial charge is 0.410 e. The van der Waals surface area contributed by atoms with Crippen molar-refractivity contribution in [1.82, 2.24) is 0 Å². The molecule has 34 heavy (non-hydrogen) atoms. The fourth-order valence-corrected chi connectivity index (χ4v) is 18.0. The monoisotopic (exact) mass is 518 g/mol. The summed E-state index contributed by atoms with van der Waals surface area (Å²) in [5, 5.41) is 0. The first-order chi connectivity index (χ1) is 15.7. The Labute approximate surface area is 216 Å². The van der Waals surface area contributed by atoms with Crippen molar-refractivity contribution in [3.05, 3.63) is 0 Å². The molecule has 0 saturated carbocycles. The van der Waals surface area contributed by atoms with Crippen LogP contribution >= 0.6 is 0 Å². The molecule has 0 N–H and O–H groups in total. The van der Waals surface area contributed by atoms with Gasteiger partial charge in [0.1, 0.15) is 6.10 Å². The molecule has 6 heteroatoms. The van der Waals surface area contributed by atoms with Crippen molar-refractivity contribution in [2.75, 3.05) is 14.2 Å². The van der Waals surface area contributed by atoms with Crippen LogP contribution in [-0.4, -0.2) is 49.4 Å². The summed E-state index contributed by atoms with van der Waals surface area (Å²) in [6.45, 7) is 30.5. The Morgan fingerprint density at radius 1 is 0.529 bits per heavy atom. The molecule has 0 saturated heterocycles. The molecule has 0 rings (SSSR count). The van der Waals surface area contributed by atoms with E-state index >= 15 is 0 Å². The van der Waals surface area contributed by atoms with Crippen molar-refractivity contribution in [2.24, 2.45) is 0 Å². The molecular formula is C28H62O4Si2. The van der Waals surface area contributed by atoms with Gasteiger partial charge in [-0.2, -0.15) is 0 Å². The fraction of sp³-hybridized carbons (Fsp3) is 1.00. The summed E-state index contributed by atoms with van der Waals surface area (Å²) in [6.07, 6.45) is 3.83.